The third kappa shape index (κ3) is 3.31. The van der Waals surface area contributed by atoms with Crippen LogP contribution in [-0.2, 0) is 11.3 Å². The minimum atomic E-state index is -1.03. The Labute approximate surface area is 173 Å². The van der Waals surface area contributed by atoms with E-state index in [-0.39, 0.29) is 36.5 Å². The Morgan fingerprint density at radius 3 is 2.90 bits per heavy atom. The van der Waals surface area contributed by atoms with E-state index >= 15 is 0 Å². The number of benzene rings is 1. The Kier molecular flexibility index (Phi) is 5.20. The summed E-state index contributed by atoms with van der Waals surface area (Å²) in [7, 11) is 0. The van der Waals surface area contributed by atoms with Gasteiger partial charge in [0.1, 0.15) is 22.2 Å². The highest BCUT2D eigenvalue weighted by atomic mass is 35.5. The van der Waals surface area contributed by atoms with Crippen molar-refractivity contribution < 1.29 is 28.2 Å². The molecule has 11 heteroatoms. The van der Waals surface area contributed by atoms with E-state index in [0.717, 1.165) is 12.1 Å². The second-order valence-electron chi connectivity index (χ2n) is 7.00. The van der Waals surface area contributed by atoms with Gasteiger partial charge in [0.15, 0.2) is 11.4 Å². The Hall–Kier alpha value is -2.98. The van der Waals surface area contributed by atoms with E-state index in [1.54, 1.807) is 0 Å². The SMILES string of the molecule is O=C(NCc1ccc(F)c(Cl)c1F)c1cn2c(c(O)c1=O)C(=O)NC1COCCC12. The summed E-state index contributed by atoms with van der Waals surface area (Å²) in [5, 5.41) is 14.6. The molecule has 2 atom stereocenters. The number of nitrogens with zero attached hydrogens (tertiary/aromatic N) is 1. The van der Waals surface area contributed by atoms with Gasteiger partial charge in [0, 0.05) is 24.9 Å². The molecule has 2 aromatic rings. The van der Waals surface area contributed by atoms with Crippen LogP contribution in [0.2, 0.25) is 5.02 Å². The molecule has 158 valence electrons. The van der Waals surface area contributed by atoms with Crippen molar-refractivity contribution >= 4 is 23.4 Å². The van der Waals surface area contributed by atoms with Gasteiger partial charge in [-0.3, -0.25) is 14.4 Å². The van der Waals surface area contributed by atoms with Crippen LogP contribution < -0.4 is 16.1 Å². The van der Waals surface area contributed by atoms with Gasteiger partial charge in [0.05, 0.1) is 18.7 Å². The summed E-state index contributed by atoms with van der Waals surface area (Å²) in [5.74, 6) is -4.34. The number of fused-ring (bicyclic) bond motifs is 3. The molecule has 0 aliphatic carbocycles. The first-order valence-corrected chi connectivity index (χ1v) is 9.44. The molecule has 0 bridgehead atoms. The summed E-state index contributed by atoms with van der Waals surface area (Å²) < 4.78 is 34.1. The summed E-state index contributed by atoms with van der Waals surface area (Å²) in [6.07, 6.45) is 1.71. The van der Waals surface area contributed by atoms with Crippen LogP contribution in [0.4, 0.5) is 8.78 Å². The van der Waals surface area contributed by atoms with Crippen molar-refractivity contribution in [1.82, 2.24) is 15.2 Å². The molecular weight excluding hydrogens is 424 g/mol. The Morgan fingerprint density at radius 2 is 2.13 bits per heavy atom. The number of amides is 2. The van der Waals surface area contributed by atoms with Crippen molar-refractivity contribution in [1.29, 1.82) is 0 Å². The van der Waals surface area contributed by atoms with E-state index in [0.29, 0.717) is 13.0 Å². The van der Waals surface area contributed by atoms with Crippen LogP contribution in [0.1, 0.15) is 38.9 Å². The number of carbonyl (C=O) groups excluding carboxylic acids is 2. The topological polar surface area (TPSA) is 110 Å². The predicted molar refractivity (Wildman–Crippen MR) is 101 cm³/mol. The van der Waals surface area contributed by atoms with E-state index in [1.165, 1.54) is 10.8 Å². The smallest absolute Gasteiger partial charge is 0.272 e. The fourth-order valence-electron chi connectivity index (χ4n) is 3.68. The van der Waals surface area contributed by atoms with E-state index < -0.39 is 45.2 Å². The Bertz CT molecular complexity index is 1120. The van der Waals surface area contributed by atoms with Crippen molar-refractivity contribution in [3.8, 4) is 5.75 Å². The molecule has 2 aliphatic rings. The first-order chi connectivity index (χ1) is 14.3. The molecular formula is C19H16ClF2N3O5. The van der Waals surface area contributed by atoms with Crippen LogP contribution in [0.3, 0.4) is 0 Å². The largest absolute Gasteiger partial charge is 0.503 e. The van der Waals surface area contributed by atoms with Crippen molar-refractivity contribution in [2.24, 2.45) is 0 Å². The normalized spacial score (nSPS) is 20.2. The molecule has 30 heavy (non-hydrogen) atoms. The van der Waals surface area contributed by atoms with Crippen LogP contribution in [0.5, 0.6) is 5.75 Å². The Morgan fingerprint density at radius 1 is 1.37 bits per heavy atom. The second kappa shape index (κ2) is 7.69. The molecule has 3 N–H and O–H groups in total. The van der Waals surface area contributed by atoms with Gasteiger partial charge < -0.3 is 25.0 Å². The van der Waals surface area contributed by atoms with Gasteiger partial charge in [-0.05, 0) is 12.5 Å². The van der Waals surface area contributed by atoms with Gasteiger partial charge >= 0.3 is 0 Å². The third-order valence-electron chi connectivity index (χ3n) is 5.22. The van der Waals surface area contributed by atoms with Crippen LogP contribution in [0.25, 0.3) is 0 Å². The molecule has 1 aromatic carbocycles. The Balaban J connectivity index is 1.66. The second-order valence-corrected chi connectivity index (χ2v) is 7.38. The molecule has 2 amide bonds. The number of nitrogens with one attached hydrogen (secondary N) is 2. The van der Waals surface area contributed by atoms with E-state index in [1.807, 2.05) is 0 Å². The lowest BCUT2D eigenvalue weighted by Crippen LogP contribution is -2.53. The maximum absolute atomic E-state index is 14.0. The maximum atomic E-state index is 14.0. The van der Waals surface area contributed by atoms with E-state index in [9.17, 15) is 28.3 Å². The molecule has 0 spiro atoms. The number of hydrogen-bond donors (Lipinski definition) is 3. The molecule has 8 nitrogen and oxygen atoms in total. The summed E-state index contributed by atoms with van der Waals surface area (Å²) in [5.41, 5.74) is -1.75. The number of hydrogen-bond acceptors (Lipinski definition) is 5. The van der Waals surface area contributed by atoms with Crippen LogP contribution in [0.15, 0.2) is 23.1 Å². The average Bonchev–Trinajstić information content (AvgIpc) is 2.73. The van der Waals surface area contributed by atoms with Crippen molar-refractivity contribution in [2.45, 2.75) is 25.0 Å². The zero-order valence-electron chi connectivity index (χ0n) is 15.4. The maximum Gasteiger partial charge on any atom is 0.272 e. The minimum Gasteiger partial charge on any atom is -0.503 e. The first kappa shape index (κ1) is 20.3. The van der Waals surface area contributed by atoms with Gasteiger partial charge in [0.2, 0.25) is 5.43 Å². The number of carbonyl (C=O) groups is 2. The number of aromatic nitrogens is 1. The fraction of sp³-hybridized carbons (Fsp3) is 0.316. The lowest BCUT2D eigenvalue weighted by Gasteiger charge is -2.39. The highest BCUT2D eigenvalue weighted by Crippen LogP contribution is 2.30. The minimum absolute atomic E-state index is 0.0825. The zero-order valence-corrected chi connectivity index (χ0v) is 16.1. The highest BCUT2D eigenvalue weighted by molar-refractivity contribution is 6.30. The van der Waals surface area contributed by atoms with Crippen LogP contribution >= 0.6 is 11.6 Å². The van der Waals surface area contributed by atoms with Crippen molar-refractivity contribution in [3.63, 3.8) is 0 Å². The molecule has 2 aliphatic heterocycles. The molecule has 2 unspecified atom stereocenters. The van der Waals surface area contributed by atoms with E-state index in [4.69, 9.17) is 16.3 Å². The number of aromatic hydroxyl groups is 1. The molecule has 1 saturated heterocycles. The molecule has 4 rings (SSSR count). The van der Waals surface area contributed by atoms with Gasteiger partial charge in [0.25, 0.3) is 11.8 Å². The van der Waals surface area contributed by atoms with Crippen molar-refractivity contribution in [3.05, 3.63) is 62.0 Å². The van der Waals surface area contributed by atoms with Gasteiger partial charge in [-0.1, -0.05) is 17.7 Å². The third-order valence-corrected chi connectivity index (χ3v) is 5.56. The first-order valence-electron chi connectivity index (χ1n) is 9.07. The number of pyridine rings is 1. The standard InChI is InChI=1S/C19H16ClF2N3O5/c20-13-10(21)2-1-8(14(13)22)5-23-18(28)9-6-25-12-3-4-30-7-11(12)24-19(29)15(25)17(27)16(9)26/h1-2,6,11-12,27H,3-5,7H2,(H,23,28)(H,24,29). The zero-order chi connectivity index (χ0) is 21.6. The highest BCUT2D eigenvalue weighted by Gasteiger charge is 2.38. The van der Waals surface area contributed by atoms with Gasteiger partial charge in [-0.15, -0.1) is 0 Å². The quantitative estimate of drug-likeness (QED) is 0.628. The summed E-state index contributed by atoms with van der Waals surface area (Å²) in [6, 6.07) is 1.39. The predicted octanol–water partition coefficient (Wildman–Crippen LogP) is 1.49. The number of rotatable bonds is 3. The fourth-order valence-corrected chi connectivity index (χ4v) is 3.86. The lowest BCUT2D eigenvalue weighted by molar-refractivity contribution is 0.0290. The molecule has 1 aromatic heterocycles. The lowest BCUT2D eigenvalue weighted by atomic mass is 9.98. The molecule has 3 heterocycles. The van der Waals surface area contributed by atoms with Crippen LogP contribution in [-0.4, -0.2) is 40.7 Å². The summed E-state index contributed by atoms with van der Waals surface area (Å²) in [4.78, 5) is 37.4. The monoisotopic (exact) mass is 439 g/mol. The summed E-state index contributed by atoms with van der Waals surface area (Å²) >= 11 is 5.52. The van der Waals surface area contributed by atoms with Crippen LogP contribution in [0, 0.1) is 11.6 Å². The van der Waals surface area contributed by atoms with Gasteiger partial charge in [-0.25, -0.2) is 8.78 Å². The van der Waals surface area contributed by atoms with E-state index in [2.05, 4.69) is 10.6 Å². The number of halogens is 3. The van der Waals surface area contributed by atoms with Crippen molar-refractivity contribution in [2.75, 3.05) is 13.2 Å². The molecule has 0 radical (unpaired) electrons. The molecule has 1 fully saturated rings. The summed E-state index contributed by atoms with van der Waals surface area (Å²) in [6.45, 7) is 0.303. The van der Waals surface area contributed by atoms with Gasteiger partial charge in [-0.2, -0.15) is 0 Å². The number of ether oxygens (including phenoxy) is 1. The molecule has 0 saturated carbocycles. The average molecular weight is 440 g/mol.